The lowest BCUT2D eigenvalue weighted by Crippen LogP contribution is -2.34. The van der Waals surface area contributed by atoms with Gasteiger partial charge in [-0.2, -0.15) is 0 Å². The quantitative estimate of drug-likeness (QED) is 0.778. The lowest BCUT2D eigenvalue weighted by Gasteiger charge is -2.20. The van der Waals surface area contributed by atoms with Crippen LogP contribution in [0.2, 0.25) is 0 Å². The van der Waals surface area contributed by atoms with Gasteiger partial charge in [-0.25, -0.2) is 4.79 Å². The van der Waals surface area contributed by atoms with Crippen molar-refractivity contribution < 1.29 is 19.1 Å². The fourth-order valence-corrected chi connectivity index (χ4v) is 1.91. The summed E-state index contributed by atoms with van der Waals surface area (Å²) in [7, 11) is 0. The van der Waals surface area contributed by atoms with Crippen LogP contribution < -0.4 is 10.1 Å². The van der Waals surface area contributed by atoms with Crippen LogP contribution in [-0.2, 0) is 19.7 Å². The number of esters is 1. The Morgan fingerprint density at radius 3 is 2.17 bits per heavy atom. The van der Waals surface area contributed by atoms with E-state index in [0.29, 0.717) is 18.2 Å². The molecule has 1 rings (SSSR count). The van der Waals surface area contributed by atoms with Crippen LogP contribution in [0.5, 0.6) is 5.75 Å². The van der Waals surface area contributed by atoms with E-state index in [2.05, 4.69) is 26.1 Å². The van der Waals surface area contributed by atoms with Gasteiger partial charge in [0.25, 0.3) is 5.91 Å². The first kappa shape index (κ1) is 20.0. The first-order chi connectivity index (χ1) is 11.1. The van der Waals surface area contributed by atoms with Gasteiger partial charge < -0.3 is 14.8 Å². The van der Waals surface area contributed by atoms with Gasteiger partial charge in [-0.15, -0.1) is 0 Å². The third-order valence-corrected chi connectivity index (χ3v) is 3.42. The largest absolute Gasteiger partial charge is 0.479 e. The van der Waals surface area contributed by atoms with E-state index in [1.54, 1.807) is 6.92 Å². The van der Waals surface area contributed by atoms with Crippen molar-refractivity contribution in [1.82, 2.24) is 5.32 Å². The molecule has 0 radical (unpaired) electrons. The Bertz CT molecular complexity index is 543. The van der Waals surface area contributed by atoms with E-state index >= 15 is 0 Å². The molecule has 0 aliphatic heterocycles. The third kappa shape index (κ3) is 7.02. The second-order valence-electron chi connectivity index (χ2n) is 7.34. The molecule has 0 unspecified atom stereocenters. The van der Waals surface area contributed by atoms with E-state index in [9.17, 15) is 9.59 Å². The minimum atomic E-state index is -0.775. The SMILES string of the molecule is CC(C)CNC(=O)COC(=O)[C@H](C)Oc1ccc(C(C)(C)C)cc1. The minimum absolute atomic E-state index is 0.0619. The second kappa shape index (κ2) is 8.71. The zero-order chi connectivity index (χ0) is 18.3. The van der Waals surface area contributed by atoms with Crippen molar-refractivity contribution in [3.8, 4) is 5.75 Å². The standard InChI is InChI=1S/C19H29NO4/c1-13(2)11-20-17(21)12-23-18(22)14(3)24-16-9-7-15(8-10-16)19(4,5)6/h7-10,13-14H,11-12H2,1-6H3,(H,20,21)/t14-/m0/s1. The number of hydrogen-bond acceptors (Lipinski definition) is 4. The molecule has 5 nitrogen and oxygen atoms in total. The number of nitrogens with one attached hydrogen (secondary N) is 1. The highest BCUT2D eigenvalue weighted by molar-refractivity contribution is 5.81. The number of amides is 1. The van der Waals surface area contributed by atoms with Crippen molar-refractivity contribution in [1.29, 1.82) is 0 Å². The molecule has 0 aliphatic carbocycles. The van der Waals surface area contributed by atoms with Crippen LogP contribution in [0.3, 0.4) is 0 Å². The third-order valence-electron chi connectivity index (χ3n) is 3.42. The average Bonchev–Trinajstić information content (AvgIpc) is 2.50. The van der Waals surface area contributed by atoms with Gasteiger partial charge in [-0.1, -0.05) is 46.8 Å². The van der Waals surface area contributed by atoms with Crippen LogP contribution in [0, 0.1) is 5.92 Å². The molecule has 1 atom stereocenters. The van der Waals surface area contributed by atoms with Gasteiger partial charge in [0.2, 0.25) is 0 Å². The monoisotopic (exact) mass is 335 g/mol. The Hall–Kier alpha value is -2.04. The van der Waals surface area contributed by atoms with Crippen LogP contribution in [0.15, 0.2) is 24.3 Å². The summed E-state index contributed by atoms with van der Waals surface area (Å²) in [6.07, 6.45) is -0.775. The zero-order valence-electron chi connectivity index (χ0n) is 15.5. The van der Waals surface area contributed by atoms with Gasteiger partial charge in [0, 0.05) is 6.54 Å². The molecule has 0 bridgehead atoms. The van der Waals surface area contributed by atoms with Gasteiger partial charge in [-0.3, -0.25) is 4.79 Å². The number of ether oxygens (including phenoxy) is 2. The van der Waals surface area contributed by atoms with Crippen LogP contribution in [0.4, 0.5) is 0 Å². The maximum atomic E-state index is 11.9. The van der Waals surface area contributed by atoms with Gasteiger partial charge >= 0.3 is 5.97 Å². The Morgan fingerprint density at radius 1 is 1.08 bits per heavy atom. The average molecular weight is 335 g/mol. The minimum Gasteiger partial charge on any atom is -0.479 e. The highest BCUT2D eigenvalue weighted by Gasteiger charge is 2.19. The first-order valence-corrected chi connectivity index (χ1v) is 8.30. The summed E-state index contributed by atoms with van der Waals surface area (Å²) in [5.41, 5.74) is 1.25. The Morgan fingerprint density at radius 2 is 1.67 bits per heavy atom. The van der Waals surface area contributed by atoms with Crippen molar-refractivity contribution in [2.24, 2.45) is 5.92 Å². The van der Waals surface area contributed by atoms with Crippen molar-refractivity contribution >= 4 is 11.9 Å². The zero-order valence-corrected chi connectivity index (χ0v) is 15.5. The highest BCUT2D eigenvalue weighted by Crippen LogP contribution is 2.24. The molecule has 0 heterocycles. The molecule has 0 fully saturated rings. The molecule has 0 aromatic heterocycles. The summed E-state index contributed by atoms with van der Waals surface area (Å²) >= 11 is 0. The van der Waals surface area contributed by atoms with E-state index in [4.69, 9.17) is 9.47 Å². The summed E-state index contributed by atoms with van der Waals surface area (Å²) in [4.78, 5) is 23.4. The first-order valence-electron chi connectivity index (χ1n) is 8.30. The molecule has 24 heavy (non-hydrogen) atoms. The predicted octanol–water partition coefficient (Wildman–Crippen LogP) is 3.07. The molecule has 0 aliphatic rings. The Kier molecular flexibility index (Phi) is 7.26. The topological polar surface area (TPSA) is 64.6 Å². The number of carbonyl (C=O) groups is 2. The lowest BCUT2D eigenvalue weighted by atomic mass is 9.87. The molecule has 0 saturated heterocycles. The summed E-state index contributed by atoms with van der Waals surface area (Å²) in [5.74, 6) is 0.0769. The lowest BCUT2D eigenvalue weighted by molar-refractivity contribution is -0.154. The summed E-state index contributed by atoms with van der Waals surface area (Å²) in [6, 6.07) is 7.62. The van der Waals surface area contributed by atoms with Gasteiger partial charge in [0.05, 0.1) is 0 Å². The van der Waals surface area contributed by atoms with E-state index in [0.717, 1.165) is 0 Å². The molecule has 0 spiro atoms. The molecule has 1 aromatic carbocycles. The Balaban J connectivity index is 2.45. The molecule has 1 aromatic rings. The number of benzene rings is 1. The van der Waals surface area contributed by atoms with Gasteiger partial charge in [-0.05, 0) is 36.0 Å². The molecular formula is C19H29NO4. The van der Waals surface area contributed by atoms with Crippen molar-refractivity contribution in [2.45, 2.75) is 53.1 Å². The van der Waals surface area contributed by atoms with E-state index in [1.807, 2.05) is 38.1 Å². The predicted molar refractivity (Wildman–Crippen MR) is 94.0 cm³/mol. The van der Waals surface area contributed by atoms with Crippen LogP contribution >= 0.6 is 0 Å². The molecular weight excluding hydrogens is 306 g/mol. The van der Waals surface area contributed by atoms with Crippen LogP contribution in [0.1, 0.15) is 47.1 Å². The highest BCUT2D eigenvalue weighted by atomic mass is 16.6. The van der Waals surface area contributed by atoms with Crippen molar-refractivity contribution in [3.63, 3.8) is 0 Å². The Labute approximate surface area is 144 Å². The maximum Gasteiger partial charge on any atom is 0.347 e. The molecule has 1 N–H and O–H groups in total. The molecule has 1 amide bonds. The van der Waals surface area contributed by atoms with E-state index in [1.165, 1.54) is 5.56 Å². The maximum absolute atomic E-state index is 11.9. The number of hydrogen-bond donors (Lipinski definition) is 1. The summed E-state index contributed by atoms with van der Waals surface area (Å²) < 4.78 is 10.5. The second-order valence-corrected chi connectivity index (χ2v) is 7.34. The van der Waals surface area contributed by atoms with Gasteiger partial charge in [0.15, 0.2) is 12.7 Å². The molecule has 134 valence electrons. The van der Waals surface area contributed by atoms with Crippen molar-refractivity contribution in [2.75, 3.05) is 13.2 Å². The van der Waals surface area contributed by atoms with E-state index in [-0.39, 0.29) is 17.9 Å². The fraction of sp³-hybridized carbons (Fsp3) is 0.579. The number of rotatable bonds is 7. The normalized spacial score (nSPS) is 12.6. The van der Waals surface area contributed by atoms with Crippen LogP contribution in [0.25, 0.3) is 0 Å². The summed E-state index contributed by atoms with van der Waals surface area (Å²) in [5, 5.41) is 2.69. The van der Waals surface area contributed by atoms with Crippen molar-refractivity contribution in [3.05, 3.63) is 29.8 Å². The molecule has 5 heteroatoms. The van der Waals surface area contributed by atoms with Crippen LogP contribution in [-0.4, -0.2) is 31.1 Å². The summed E-state index contributed by atoms with van der Waals surface area (Å²) in [6.45, 7) is 12.3. The molecule has 0 saturated carbocycles. The fourth-order valence-electron chi connectivity index (χ4n) is 1.91. The van der Waals surface area contributed by atoms with E-state index < -0.39 is 12.1 Å². The van der Waals surface area contributed by atoms with Gasteiger partial charge in [0.1, 0.15) is 5.75 Å². The smallest absolute Gasteiger partial charge is 0.347 e. The number of carbonyl (C=O) groups excluding carboxylic acids is 2.